The van der Waals surface area contributed by atoms with E-state index in [9.17, 15) is 0 Å². The molecule has 0 aliphatic heterocycles. The molecule has 0 bridgehead atoms. The normalized spacial score (nSPS) is 13.4. The Kier molecular flexibility index (Phi) is 8.03. The summed E-state index contributed by atoms with van der Waals surface area (Å²) in [6, 6.07) is 0. The van der Waals surface area contributed by atoms with Gasteiger partial charge in [0.05, 0.1) is 0 Å². The number of nitrogens with one attached hydrogen (secondary N) is 1. The Balaban J connectivity index is 2.89. The highest BCUT2D eigenvalue weighted by atomic mass is 14.8. The van der Waals surface area contributed by atoms with Gasteiger partial charge < -0.3 is 5.32 Å². The van der Waals surface area contributed by atoms with E-state index in [4.69, 9.17) is 0 Å². The highest BCUT2D eigenvalue weighted by Crippen LogP contribution is 2.10. The molecule has 11 heavy (non-hydrogen) atoms. The highest BCUT2D eigenvalue weighted by molar-refractivity contribution is 4.52. The second-order valence-corrected chi connectivity index (χ2v) is 3.36. The summed E-state index contributed by atoms with van der Waals surface area (Å²) in [6.07, 6.45) is 5.48. The summed E-state index contributed by atoms with van der Waals surface area (Å²) in [4.78, 5) is 0. The SMILES string of the molecule is CCNCCCC[C@H](C)CC. The van der Waals surface area contributed by atoms with Gasteiger partial charge in [0.2, 0.25) is 0 Å². The number of hydrogen-bond donors (Lipinski definition) is 1. The van der Waals surface area contributed by atoms with Crippen LogP contribution in [-0.2, 0) is 0 Å². The number of hydrogen-bond acceptors (Lipinski definition) is 1. The average Bonchev–Trinajstić information content (AvgIpc) is 2.04. The van der Waals surface area contributed by atoms with E-state index in [1.807, 2.05) is 0 Å². The summed E-state index contributed by atoms with van der Waals surface area (Å²) in [5.74, 6) is 0.927. The van der Waals surface area contributed by atoms with Crippen LogP contribution in [-0.4, -0.2) is 13.1 Å². The van der Waals surface area contributed by atoms with Gasteiger partial charge in [-0.2, -0.15) is 0 Å². The van der Waals surface area contributed by atoms with Crippen LogP contribution in [0.1, 0.15) is 46.5 Å². The standard InChI is InChI=1S/C10H23N/c1-4-10(3)8-6-7-9-11-5-2/h10-11H,4-9H2,1-3H3/t10-/m1/s1. The molecular formula is C10H23N. The smallest absolute Gasteiger partial charge is 0.00490 e. The van der Waals surface area contributed by atoms with Crippen LogP contribution < -0.4 is 5.32 Å². The summed E-state index contributed by atoms with van der Waals surface area (Å²) in [5, 5.41) is 3.34. The summed E-state index contributed by atoms with van der Waals surface area (Å²) >= 11 is 0. The van der Waals surface area contributed by atoms with Crippen molar-refractivity contribution in [1.82, 2.24) is 5.32 Å². The molecule has 0 saturated heterocycles. The van der Waals surface area contributed by atoms with Crippen LogP contribution in [0.5, 0.6) is 0 Å². The minimum Gasteiger partial charge on any atom is -0.317 e. The van der Waals surface area contributed by atoms with Crippen molar-refractivity contribution in [3.8, 4) is 0 Å². The average molecular weight is 157 g/mol. The maximum atomic E-state index is 3.34. The third-order valence-corrected chi connectivity index (χ3v) is 2.25. The molecule has 1 heteroatoms. The quantitative estimate of drug-likeness (QED) is 0.560. The molecule has 0 fully saturated rings. The molecule has 0 amide bonds. The number of unbranched alkanes of at least 4 members (excludes halogenated alkanes) is 1. The first-order valence-electron chi connectivity index (χ1n) is 5.02. The first-order chi connectivity index (χ1) is 5.31. The van der Waals surface area contributed by atoms with Crippen LogP contribution in [0.15, 0.2) is 0 Å². The molecule has 1 atom stereocenters. The largest absolute Gasteiger partial charge is 0.317 e. The molecule has 0 rings (SSSR count). The van der Waals surface area contributed by atoms with Crippen molar-refractivity contribution in [2.45, 2.75) is 46.5 Å². The molecule has 0 unspecified atom stereocenters. The maximum absolute atomic E-state index is 3.34. The van der Waals surface area contributed by atoms with Crippen LogP contribution in [0, 0.1) is 5.92 Å². The van der Waals surface area contributed by atoms with Crippen molar-refractivity contribution in [2.75, 3.05) is 13.1 Å². The van der Waals surface area contributed by atoms with E-state index >= 15 is 0 Å². The summed E-state index contributed by atoms with van der Waals surface area (Å²) < 4.78 is 0. The summed E-state index contributed by atoms with van der Waals surface area (Å²) in [6.45, 7) is 9.09. The second-order valence-electron chi connectivity index (χ2n) is 3.36. The van der Waals surface area contributed by atoms with Crippen molar-refractivity contribution in [2.24, 2.45) is 5.92 Å². The van der Waals surface area contributed by atoms with E-state index in [1.54, 1.807) is 0 Å². The fourth-order valence-corrected chi connectivity index (χ4v) is 1.12. The Bertz CT molecular complexity index is 71.3. The molecule has 0 saturated carbocycles. The van der Waals surface area contributed by atoms with Gasteiger partial charge in [0, 0.05) is 0 Å². The lowest BCUT2D eigenvalue weighted by Crippen LogP contribution is -2.13. The predicted molar refractivity (Wildman–Crippen MR) is 51.8 cm³/mol. The van der Waals surface area contributed by atoms with Crippen molar-refractivity contribution in [3.05, 3.63) is 0 Å². The molecule has 0 aromatic rings. The zero-order chi connectivity index (χ0) is 8.53. The third kappa shape index (κ3) is 7.86. The lowest BCUT2D eigenvalue weighted by atomic mass is 10.0. The monoisotopic (exact) mass is 157 g/mol. The minimum atomic E-state index is 0.927. The lowest BCUT2D eigenvalue weighted by molar-refractivity contribution is 0.478. The van der Waals surface area contributed by atoms with E-state index in [2.05, 4.69) is 26.1 Å². The minimum absolute atomic E-state index is 0.927. The van der Waals surface area contributed by atoms with Crippen molar-refractivity contribution < 1.29 is 0 Å². The zero-order valence-electron chi connectivity index (χ0n) is 8.32. The van der Waals surface area contributed by atoms with Crippen molar-refractivity contribution in [1.29, 1.82) is 0 Å². The second kappa shape index (κ2) is 8.06. The fraction of sp³-hybridized carbons (Fsp3) is 1.00. The molecule has 68 valence electrons. The Hall–Kier alpha value is -0.0400. The molecule has 0 aliphatic carbocycles. The van der Waals surface area contributed by atoms with Gasteiger partial charge in [-0.3, -0.25) is 0 Å². The van der Waals surface area contributed by atoms with Gasteiger partial charge >= 0.3 is 0 Å². The molecule has 0 spiro atoms. The molecule has 0 radical (unpaired) electrons. The molecule has 0 aromatic heterocycles. The van der Waals surface area contributed by atoms with E-state index in [-0.39, 0.29) is 0 Å². The fourth-order valence-electron chi connectivity index (χ4n) is 1.12. The van der Waals surface area contributed by atoms with E-state index in [1.165, 1.54) is 32.2 Å². The predicted octanol–water partition coefficient (Wildman–Crippen LogP) is 2.81. The molecule has 0 aliphatic rings. The Morgan fingerprint density at radius 2 is 1.91 bits per heavy atom. The molecule has 1 N–H and O–H groups in total. The highest BCUT2D eigenvalue weighted by Gasteiger charge is 1.96. The first-order valence-corrected chi connectivity index (χ1v) is 5.02. The molecule has 1 nitrogen and oxygen atoms in total. The van der Waals surface area contributed by atoms with Gasteiger partial charge in [0.15, 0.2) is 0 Å². The molecule has 0 aromatic carbocycles. The van der Waals surface area contributed by atoms with Gasteiger partial charge in [0.25, 0.3) is 0 Å². The molecular weight excluding hydrogens is 134 g/mol. The van der Waals surface area contributed by atoms with Crippen LogP contribution in [0.3, 0.4) is 0 Å². The summed E-state index contributed by atoms with van der Waals surface area (Å²) in [7, 11) is 0. The van der Waals surface area contributed by atoms with Gasteiger partial charge in [-0.15, -0.1) is 0 Å². The maximum Gasteiger partial charge on any atom is -0.00490 e. The topological polar surface area (TPSA) is 12.0 Å². The van der Waals surface area contributed by atoms with Crippen LogP contribution in [0.4, 0.5) is 0 Å². The Morgan fingerprint density at radius 3 is 2.45 bits per heavy atom. The van der Waals surface area contributed by atoms with Gasteiger partial charge in [-0.05, 0) is 25.4 Å². The van der Waals surface area contributed by atoms with E-state index in [0.29, 0.717) is 0 Å². The van der Waals surface area contributed by atoms with Crippen LogP contribution >= 0.6 is 0 Å². The van der Waals surface area contributed by atoms with Gasteiger partial charge in [0.1, 0.15) is 0 Å². The van der Waals surface area contributed by atoms with E-state index < -0.39 is 0 Å². The van der Waals surface area contributed by atoms with Crippen molar-refractivity contribution >= 4 is 0 Å². The first kappa shape index (κ1) is 11.0. The van der Waals surface area contributed by atoms with Crippen LogP contribution in [0.2, 0.25) is 0 Å². The van der Waals surface area contributed by atoms with Crippen molar-refractivity contribution in [3.63, 3.8) is 0 Å². The summed E-state index contributed by atoms with van der Waals surface area (Å²) in [5.41, 5.74) is 0. The van der Waals surface area contributed by atoms with Gasteiger partial charge in [-0.25, -0.2) is 0 Å². The lowest BCUT2D eigenvalue weighted by Gasteiger charge is -2.07. The number of rotatable bonds is 7. The van der Waals surface area contributed by atoms with E-state index in [0.717, 1.165) is 12.5 Å². The van der Waals surface area contributed by atoms with Gasteiger partial charge in [-0.1, -0.05) is 40.0 Å². The Labute approximate surface area is 71.6 Å². The van der Waals surface area contributed by atoms with Crippen LogP contribution in [0.25, 0.3) is 0 Å². The zero-order valence-corrected chi connectivity index (χ0v) is 8.32. The Morgan fingerprint density at radius 1 is 1.18 bits per heavy atom. The molecule has 0 heterocycles. The third-order valence-electron chi connectivity index (χ3n) is 2.25.